The highest BCUT2D eigenvalue weighted by atomic mass is 16.6. The Bertz CT molecular complexity index is 1240. The number of amides is 2. The molecule has 0 spiro atoms. The first-order valence-electron chi connectivity index (χ1n) is 13.0. The van der Waals surface area contributed by atoms with Crippen molar-refractivity contribution in [1.82, 2.24) is 10.2 Å². The highest BCUT2D eigenvalue weighted by Gasteiger charge is 2.36. The van der Waals surface area contributed by atoms with Crippen molar-refractivity contribution in [3.63, 3.8) is 0 Å². The average Bonchev–Trinajstić information content (AvgIpc) is 2.96. The van der Waals surface area contributed by atoms with Crippen LogP contribution in [0.3, 0.4) is 0 Å². The fraction of sp³-hybridized carbons (Fsp3) is 0.333. The molecule has 3 saturated heterocycles. The maximum absolute atomic E-state index is 13.0. The Morgan fingerprint density at radius 3 is 2.45 bits per heavy atom. The van der Waals surface area contributed by atoms with Gasteiger partial charge in [-0.15, -0.1) is 0 Å². The first-order chi connectivity index (χ1) is 18.6. The normalized spacial score (nSPS) is 20.8. The molecule has 38 heavy (non-hydrogen) atoms. The minimum absolute atomic E-state index is 0.0832. The summed E-state index contributed by atoms with van der Waals surface area (Å²) >= 11 is 0. The van der Waals surface area contributed by atoms with Gasteiger partial charge in [0, 0.05) is 12.2 Å². The lowest BCUT2D eigenvalue weighted by Crippen LogP contribution is -2.52. The van der Waals surface area contributed by atoms with E-state index in [4.69, 9.17) is 9.47 Å². The number of anilines is 1. The molecule has 3 heterocycles. The molecule has 2 amide bonds. The second kappa shape index (κ2) is 12.1. The predicted octanol–water partition coefficient (Wildman–Crippen LogP) is 4.11. The number of fused-ring (bicyclic) bond motifs is 3. The van der Waals surface area contributed by atoms with Gasteiger partial charge >= 0.3 is 6.09 Å². The first-order valence-corrected chi connectivity index (χ1v) is 13.0. The third-order valence-electron chi connectivity index (χ3n) is 7.20. The van der Waals surface area contributed by atoms with E-state index >= 15 is 0 Å². The van der Waals surface area contributed by atoms with E-state index in [1.165, 1.54) is 0 Å². The molecule has 2 bridgehead atoms. The highest BCUT2D eigenvalue weighted by molar-refractivity contribution is 5.91. The fourth-order valence-electron chi connectivity index (χ4n) is 5.22. The van der Waals surface area contributed by atoms with Crippen LogP contribution in [-0.4, -0.2) is 54.4 Å². The van der Waals surface area contributed by atoms with Crippen molar-refractivity contribution in [3.8, 4) is 5.75 Å². The molecular formula is C30H33N3O5. The molecule has 0 aromatic heterocycles. The number of hydrogen-bond donors (Lipinski definition) is 3. The van der Waals surface area contributed by atoms with Crippen LogP contribution in [0.15, 0.2) is 78.9 Å². The number of aliphatic hydroxyl groups excluding tert-OH is 1. The van der Waals surface area contributed by atoms with Gasteiger partial charge in [-0.2, -0.15) is 0 Å². The van der Waals surface area contributed by atoms with E-state index in [-0.39, 0.29) is 25.2 Å². The van der Waals surface area contributed by atoms with Gasteiger partial charge < -0.3 is 25.2 Å². The maximum Gasteiger partial charge on any atom is 0.408 e. The first kappa shape index (κ1) is 25.8. The molecule has 3 aromatic rings. The lowest BCUT2D eigenvalue weighted by molar-refractivity contribution is -0.118. The molecule has 3 N–H and O–H groups in total. The quantitative estimate of drug-likeness (QED) is 0.397. The highest BCUT2D eigenvalue weighted by Crippen LogP contribution is 2.30. The van der Waals surface area contributed by atoms with Crippen molar-refractivity contribution < 1.29 is 24.2 Å². The van der Waals surface area contributed by atoms with Gasteiger partial charge in [0.2, 0.25) is 0 Å². The smallest absolute Gasteiger partial charge is 0.408 e. The van der Waals surface area contributed by atoms with Crippen LogP contribution in [0, 0.1) is 5.92 Å². The standard InChI is InChI=1S/C30H33N3O5/c34-19-21-6-4-10-25(16-21)31-28(35)20-37-26-11-5-9-24(17-26)29(23-7-2-1-3-8-23)32-30(36)38-27-18-33-14-12-22(27)13-15-33/h1-11,16-17,22,27,29,34H,12-15,18-20H2,(H,31,35)(H,32,36)/t27?,29-/m0/s1. The minimum atomic E-state index is -0.441. The van der Waals surface area contributed by atoms with Crippen molar-refractivity contribution in [1.29, 1.82) is 0 Å². The summed E-state index contributed by atoms with van der Waals surface area (Å²) < 4.78 is 11.7. The summed E-state index contributed by atoms with van der Waals surface area (Å²) in [5.41, 5.74) is 3.03. The van der Waals surface area contributed by atoms with Crippen LogP contribution in [0.1, 0.15) is 35.6 Å². The van der Waals surface area contributed by atoms with Crippen LogP contribution in [-0.2, 0) is 16.1 Å². The maximum atomic E-state index is 13.0. The fourth-order valence-corrected chi connectivity index (χ4v) is 5.22. The van der Waals surface area contributed by atoms with Gasteiger partial charge in [-0.1, -0.05) is 54.6 Å². The second-order valence-corrected chi connectivity index (χ2v) is 9.84. The van der Waals surface area contributed by atoms with Gasteiger partial charge in [-0.3, -0.25) is 9.69 Å². The molecule has 2 atom stereocenters. The van der Waals surface area contributed by atoms with Crippen LogP contribution in [0.2, 0.25) is 0 Å². The molecule has 3 aliphatic rings. The van der Waals surface area contributed by atoms with Gasteiger partial charge in [0.1, 0.15) is 11.9 Å². The summed E-state index contributed by atoms with van der Waals surface area (Å²) in [7, 11) is 0. The Balaban J connectivity index is 1.24. The molecule has 1 unspecified atom stereocenters. The summed E-state index contributed by atoms with van der Waals surface area (Å²) in [6, 6.07) is 23.6. The van der Waals surface area contributed by atoms with E-state index in [2.05, 4.69) is 15.5 Å². The molecule has 0 radical (unpaired) electrons. The van der Waals surface area contributed by atoms with E-state index in [1.54, 1.807) is 30.3 Å². The third-order valence-corrected chi connectivity index (χ3v) is 7.20. The second-order valence-electron chi connectivity index (χ2n) is 9.84. The number of piperidine rings is 3. The van der Waals surface area contributed by atoms with E-state index in [1.807, 2.05) is 48.5 Å². The summed E-state index contributed by atoms with van der Waals surface area (Å²) in [6.07, 6.45) is 1.62. The van der Waals surface area contributed by atoms with Crippen molar-refractivity contribution >= 4 is 17.7 Å². The number of aliphatic hydroxyl groups is 1. The van der Waals surface area contributed by atoms with Gasteiger partial charge in [-0.05, 0) is 72.8 Å². The van der Waals surface area contributed by atoms with Crippen LogP contribution >= 0.6 is 0 Å². The van der Waals surface area contributed by atoms with Crippen molar-refractivity contribution in [2.75, 3.05) is 31.6 Å². The topological polar surface area (TPSA) is 100 Å². The Hall–Kier alpha value is -3.88. The van der Waals surface area contributed by atoms with Gasteiger partial charge in [0.25, 0.3) is 5.91 Å². The van der Waals surface area contributed by atoms with Gasteiger partial charge in [0.15, 0.2) is 6.61 Å². The summed E-state index contributed by atoms with van der Waals surface area (Å²) in [5.74, 6) is 0.620. The Kier molecular flexibility index (Phi) is 8.21. The van der Waals surface area contributed by atoms with E-state index in [0.717, 1.165) is 43.6 Å². The zero-order valence-electron chi connectivity index (χ0n) is 21.2. The molecule has 0 saturated carbocycles. The number of benzene rings is 3. The number of rotatable bonds is 9. The largest absolute Gasteiger partial charge is 0.484 e. The van der Waals surface area contributed by atoms with Crippen molar-refractivity contribution in [3.05, 3.63) is 95.6 Å². The molecule has 8 nitrogen and oxygen atoms in total. The third kappa shape index (κ3) is 6.51. The predicted molar refractivity (Wildman–Crippen MR) is 144 cm³/mol. The molecule has 3 fully saturated rings. The average molecular weight is 516 g/mol. The van der Waals surface area contributed by atoms with Gasteiger partial charge in [0.05, 0.1) is 12.6 Å². The van der Waals surface area contributed by atoms with Crippen LogP contribution in [0.4, 0.5) is 10.5 Å². The van der Waals surface area contributed by atoms with Crippen molar-refractivity contribution in [2.45, 2.75) is 31.6 Å². The zero-order chi connectivity index (χ0) is 26.3. The lowest BCUT2D eigenvalue weighted by atomic mass is 9.86. The Labute approximate surface area is 222 Å². The molecule has 8 heteroatoms. The van der Waals surface area contributed by atoms with Crippen LogP contribution in [0.25, 0.3) is 0 Å². The SMILES string of the molecule is O=C(COc1cccc([C@@H](NC(=O)OC2CN3CCC2CC3)c2ccccc2)c1)Nc1cccc(CO)c1. The molecular weight excluding hydrogens is 482 g/mol. The summed E-state index contributed by atoms with van der Waals surface area (Å²) in [6.45, 7) is 2.68. The summed E-state index contributed by atoms with van der Waals surface area (Å²) in [4.78, 5) is 27.8. The number of nitrogens with one attached hydrogen (secondary N) is 2. The number of nitrogens with zero attached hydrogens (tertiary/aromatic N) is 1. The molecule has 3 aromatic carbocycles. The molecule has 6 rings (SSSR count). The number of carbonyl (C=O) groups is 2. The van der Waals surface area contributed by atoms with E-state index in [9.17, 15) is 14.7 Å². The number of carbonyl (C=O) groups excluding carboxylic acids is 2. The Morgan fingerprint density at radius 2 is 1.71 bits per heavy atom. The molecule has 0 aliphatic carbocycles. The minimum Gasteiger partial charge on any atom is -0.484 e. The lowest BCUT2D eigenvalue weighted by Gasteiger charge is -2.43. The van der Waals surface area contributed by atoms with Crippen molar-refractivity contribution in [2.24, 2.45) is 5.92 Å². The zero-order valence-corrected chi connectivity index (χ0v) is 21.2. The molecule has 198 valence electrons. The summed E-state index contributed by atoms with van der Waals surface area (Å²) in [5, 5.41) is 15.1. The molecule has 3 aliphatic heterocycles. The van der Waals surface area contributed by atoms with Crippen LogP contribution in [0.5, 0.6) is 5.75 Å². The monoisotopic (exact) mass is 515 g/mol. The van der Waals surface area contributed by atoms with Gasteiger partial charge in [-0.25, -0.2) is 4.79 Å². The van der Waals surface area contributed by atoms with Crippen LogP contribution < -0.4 is 15.4 Å². The van der Waals surface area contributed by atoms with E-state index in [0.29, 0.717) is 22.9 Å². The number of ether oxygens (including phenoxy) is 2. The van der Waals surface area contributed by atoms with E-state index < -0.39 is 12.1 Å². The number of hydrogen-bond acceptors (Lipinski definition) is 6. The Morgan fingerprint density at radius 1 is 0.947 bits per heavy atom. The number of alkyl carbamates (subject to hydrolysis) is 1.